The number of nitro groups is 1. The van der Waals surface area contributed by atoms with Crippen LogP contribution in [-0.4, -0.2) is 31.6 Å². The van der Waals surface area contributed by atoms with Gasteiger partial charge in [0.2, 0.25) is 15.7 Å². The van der Waals surface area contributed by atoms with Gasteiger partial charge in [0.1, 0.15) is 5.69 Å². The van der Waals surface area contributed by atoms with Gasteiger partial charge in [0.25, 0.3) is 5.69 Å². The number of sulfone groups is 1. The number of nitro benzene ring substituents is 1. The van der Waals surface area contributed by atoms with Crippen LogP contribution in [0, 0.1) is 10.1 Å². The summed E-state index contributed by atoms with van der Waals surface area (Å²) >= 11 is 0. The lowest BCUT2D eigenvalue weighted by atomic mass is 10.2. The summed E-state index contributed by atoms with van der Waals surface area (Å²) < 4.78 is 48.8. The first-order valence-corrected chi connectivity index (χ1v) is 9.16. The number of alkyl halides is 2. The van der Waals surface area contributed by atoms with Crippen LogP contribution in [0.5, 0.6) is 0 Å². The van der Waals surface area contributed by atoms with E-state index in [0.29, 0.717) is 0 Å². The molecular weight excluding hydrogens is 384 g/mol. The van der Waals surface area contributed by atoms with Crippen molar-refractivity contribution in [1.82, 2.24) is 0 Å². The number of hydrogen-bond acceptors (Lipinski definition) is 6. The maximum Gasteiger partial charge on any atom is 0.341 e. The molecule has 0 fully saturated rings. The van der Waals surface area contributed by atoms with Crippen molar-refractivity contribution in [2.75, 3.05) is 17.2 Å². The molecule has 0 heterocycles. The summed E-state index contributed by atoms with van der Waals surface area (Å²) in [6, 6.07) is 10.7. The minimum atomic E-state index is -4.87. The highest BCUT2D eigenvalue weighted by molar-refractivity contribution is 7.91. The fourth-order valence-corrected chi connectivity index (χ4v) is 3.11. The molecule has 1 amide bonds. The van der Waals surface area contributed by atoms with Gasteiger partial charge in [-0.05, 0) is 18.2 Å². The van der Waals surface area contributed by atoms with Gasteiger partial charge in [0.15, 0.2) is 0 Å². The zero-order valence-corrected chi connectivity index (χ0v) is 14.6. The second-order valence-electron chi connectivity index (χ2n) is 5.30. The first-order valence-electron chi connectivity index (χ1n) is 7.61. The van der Waals surface area contributed by atoms with E-state index < -0.39 is 31.3 Å². The molecule has 0 aliphatic heterocycles. The fourth-order valence-electron chi connectivity index (χ4n) is 2.22. The Morgan fingerprint density at radius 2 is 1.67 bits per heavy atom. The Bertz CT molecular complexity index is 951. The Kier molecular flexibility index (Phi) is 6.40. The van der Waals surface area contributed by atoms with Crippen LogP contribution in [0.15, 0.2) is 53.4 Å². The van der Waals surface area contributed by atoms with E-state index in [1.165, 1.54) is 36.4 Å². The van der Waals surface area contributed by atoms with Crippen LogP contribution >= 0.6 is 0 Å². The van der Waals surface area contributed by atoms with E-state index >= 15 is 0 Å². The van der Waals surface area contributed by atoms with Crippen molar-refractivity contribution >= 4 is 32.8 Å². The Morgan fingerprint density at radius 3 is 2.30 bits per heavy atom. The molecular formula is C16H15F2N3O5S. The number of carbonyl (C=O) groups excluding carboxylic acids is 1. The van der Waals surface area contributed by atoms with Gasteiger partial charge < -0.3 is 10.6 Å². The van der Waals surface area contributed by atoms with E-state index in [0.717, 1.165) is 6.07 Å². The highest BCUT2D eigenvalue weighted by Crippen LogP contribution is 2.26. The number of para-hydroxylation sites is 3. The van der Waals surface area contributed by atoms with Crippen molar-refractivity contribution < 1.29 is 26.9 Å². The zero-order valence-electron chi connectivity index (χ0n) is 13.8. The van der Waals surface area contributed by atoms with Crippen molar-refractivity contribution in [2.45, 2.75) is 17.1 Å². The Labute approximate surface area is 153 Å². The standard InChI is InChI=1S/C16H15F2N3O5S/c17-16(18)27(25,26)14-8-4-2-6-12(14)20-15(22)9-10-19-11-5-1-3-7-13(11)21(23)24/h1-8,16,19H,9-10H2,(H,20,22). The van der Waals surface area contributed by atoms with E-state index in [9.17, 15) is 32.1 Å². The molecule has 0 radical (unpaired) electrons. The average Bonchev–Trinajstić information content (AvgIpc) is 2.62. The predicted molar refractivity (Wildman–Crippen MR) is 94.5 cm³/mol. The number of nitrogens with one attached hydrogen (secondary N) is 2. The van der Waals surface area contributed by atoms with Crippen molar-refractivity contribution in [1.29, 1.82) is 0 Å². The highest BCUT2D eigenvalue weighted by Gasteiger charge is 2.29. The Morgan fingerprint density at radius 1 is 1.07 bits per heavy atom. The van der Waals surface area contributed by atoms with Crippen molar-refractivity contribution in [3.63, 3.8) is 0 Å². The lowest BCUT2D eigenvalue weighted by Crippen LogP contribution is -2.19. The molecule has 27 heavy (non-hydrogen) atoms. The monoisotopic (exact) mass is 399 g/mol. The van der Waals surface area contributed by atoms with Gasteiger partial charge in [-0.1, -0.05) is 24.3 Å². The minimum absolute atomic E-state index is 0.0143. The first kappa shape index (κ1) is 20.2. The van der Waals surface area contributed by atoms with E-state index in [1.807, 2.05) is 0 Å². The normalized spacial score (nSPS) is 11.2. The summed E-state index contributed by atoms with van der Waals surface area (Å²) in [6.07, 6.45) is -0.172. The van der Waals surface area contributed by atoms with Crippen LogP contribution < -0.4 is 10.6 Å². The van der Waals surface area contributed by atoms with Crippen LogP contribution in [0.1, 0.15) is 6.42 Å². The summed E-state index contributed by atoms with van der Waals surface area (Å²) in [7, 11) is -4.87. The molecule has 11 heteroatoms. The highest BCUT2D eigenvalue weighted by atomic mass is 32.2. The SMILES string of the molecule is O=C(CCNc1ccccc1[N+](=O)[O-])Nc1ccccc1S(=O)(=O)C(F)F. The zero-order chi connectivity index (χ0) is 20.0. The third-order valence-electron chi connectivity index (χ3n) is 3.47. The summed E-state index contributed by atoms with van der Waals surface area (Å²) in [5.74, 6) is -4.26. The molecule has 8 nitrogen and oxygen atoms in total. The van der Waals surface area contributed by atoms with Crippen LogP contribution in [0.25, 0.3) is 0 Å². The lowest BCUT2D eigenvalue weighted by molar-refractivity contribution is -0.384. The third kappa shape index (κ3) is 4.97. The van der Waals surface area contributed by atoms with Crippen LogP contribution in [0.4, 0.5) is 25.8 Å². The smallest absolute Gasteiger partial charge is 0.341 e. The van der Waals surface area contributed by atoms with Gasteiger partial charge in [-0.2, -0.15) is 8.78 Å². The van der Waals surface area contributed by atoms with Gasteiger partial charge >= 0.3 is 5.76 Å². The van der Waals surface area contributed by atoms with E-state index in [2.05, 4.69) is 10.6 Å². The average molecular weight is 399 g/mol. The molecule has 0 spiro atoms. The topological polar surface area (TPSA) is 118 Å². The van der Waals surface area contributed by atoms with Gasteiger partial charge in [-0.3, -0.25) is 14.9 Å². The van der Waals surface area contributed by atoms with Gasteiger partial charge in [0.05, 0.1) is 15.5 Å². The summed E-state index contributed by atoms with van der Waals surface area (Å²) in [5.41, 5.74) is -0.198. The van der Waals surface area contributed by atoms with E-state index in [-0.39, 0.29) is 30.0 Å². The second kappa shape index (κ2) is 8.54. The van der Waals surface area contributed by atoms with E-state index in [1.54, 1.807) is 6.07 Å². The Balaban J connectivity index is 2.03. The number of benzene rings is 2. The maximum atomic E-state index is 12.7. The van der Waals surface area contributed by atoms with Crippen LogP contribution in [-0.2, 0) is 14.6 Å². The number of nitrogens with zero attached hydrogens (tertiary/aromatic N) is 1. The van der Waals surface area contributed by atoms with E-state index in [4.69, 9.17) is 0 Å². The van der Waals surface area contributed by atoms with Crippen LogP contribution in [0.2, 0.25) is 0 Å². The molecule has 0 bridgehead atoms. The molecule has 2 rings (SSSR count). The number of carbonyl (C=O) groups is 1. The maximum absolute atomic E-state index is 12.7. The molecule has 0 unspecified atom stereocenters. The molecule has 0 aliphatic rings. The molecule has 0 aliphatic carbocycles. The lowest BCUT2D eigenvalue weighted by Gasteiger charge is -2.12. The summed E-state index contributed by atoms with van der Waals surface area (Å²) in [4.78, 5) is 21.7. The summed E-state index contributed by atoms with van der Waals surface area (Å²) in [6.45, 7) is 0.0143. The second-order valence-corrected chi connectivity index (χ2v) is 7.19. The van der Waals surface area contributed by atoms with Gasteiger partial charge in [-0.15, -0.1) is 0 Å². The quantitative estimate of drug-likeness (QED) is 0.520. The largest absolute Gasteiger partial charge is 0.379 e. The number of hydrogen-bond donors (Lipinski definition) is 2. The van der Waals surface area contributed by atoms with Gasteiger partial charge in [0, 0.05) is 19.0 Å². The molecule has 0 aromatic heterocycles. The van der Waals surface area contributed by atoms with Crippen molar-refractivity contribution in [3.8, 4) is 0 Å². The number of halogens is 2. The Hall–Kier alpha value is -3.08. The molecule has 0 saturated carbocycles. The minimum Gasteiger partial charge on any atom is -0.379 e. The van der Waals surface area contributed by atoms with Crippen LogP contribution in [0.3, 0.4) is 0 Å². The summed E-state index contributed by atoms with van der Waals surface area (Å²) in [5, 5.41) is 15.9. The number of rotatable bonds is 8. The molecule has 0 atom stereocenters. The number of amides is 1. The van der Waals surface area contributed by atoms with Crippen molar-refractivity contribution in [3.05, 3.63) is 58.6 Å². The first-order chi connectivity index (χ1) is 12.7. The molecule has 144 valence electrons. The molecule has 0 saturated heterocycles. The van der Waals surface area contributed by atoms with Crippen molar-refractivity contribution in [2.24, 2.45) is 0 Å². The molecule has 2 N–H and O–H groups in total. The predicted octanol–water partition coefficient (Wildman–Crippen LogP) is 3.03. The molecule has 2 aromatic carbocycles. The van der Waals surface area contributed by atoms with Gasteiger partial charge in [-0.25, -0.2) is 8.42 Å². The third-order valence-corrected chi connectivity index (χ3v) is 4.91. The fraction of sp³-hybridized carbons (Fsp3) is 0.188. The number of anilines is 2. The molecule has 2 aromatic rings.